The predicted octanol–water partition coefficient (Wildman–Crippen LogP) is 4.12. The number of halogens is 3. The fourth-order valence-electron chi connectivity index (χ4n) is 1.77. The maximum atomic E-state index is 12.1. The molecule has 0 aromatic heterocycles. The molecular weight excluding hydrogens is 300 g/mol. The quantitative estimate of drug-likeness (QED) is 0.902. The zero-order valence-corrected chi connectivity index (χ0v) is 11.6. The van der Waals surface area contributed by atoms with Crippen LogP contribution in [0.5, 0.6) is 5.75 Å². The lowest BCUT2D eigenvalue weighted by molar-refractivity contribution is -0.115. The van der Waals surface area contributed by atoms with E-state index in [0.717, 1.165) is 0 Å². The summed E-state index contributed by atoms with van der Waals surface area (Å²) < 4.78 is 28.5. The zero-order valence-electron chi connectivity index (χ0n) is 10.9. The van der Waals surface area contributed by atoms with E-state index in [2.05, 4.69) is 10.1 Å². The van der Waals surface area contributed by atoms with E-state index in [9.17, 15) is 13.6 Å². The Kier molecular flexibility index (Phi) is 5.11. The zero-order chi connectivity index (χ0) is 15.2. The highest BCUT2D eigenvalue weighted by Crippen LogP contribution is 2.20. The number of rotatable bonds is 5. The summed E-state index contributed by atoms with van der Waals surface area (Å²) in [5, 5.41) is 3.11. The molecule has 0 bridgehead atoms. The lowest BCUT2D eigenvalue weighted by Gasteiger charge is -2.09. The molecule has 0 saturated heterocycles. The van der Waals surface area contributed by atoms with Gasteiger partial charge < -0.3 is 10.1 Å². The minimum Gasteiger partial charge on any atom is -0.435 e. The van der Waals surface area contributed by atoms with Crippen LogP contribution in [0.4, 0.5) is 14.5 Å². The lowest BCUT2D eigenvalue weighted by Crippen LogP contribution is -2.14. The van der Waals surface area contributed by atoms with Crippen LogP contribution < -0.4 is 10.1 Å². The number of hydrogen-bond acceptors (Lipinski definition) is 2. The Hall–Kier alpha value is -2.14. The first-order chi connectivity index (χ1) is 10.0. The van der Waals surface area contributed by atoms with Gasteiger partial charge in [0.05, 0.1) is 6.42 Å². The van der Waals surface area contributed by atoms with Crippen LogP contribution in [0.2, 0.25) is 5.02 Å². The molecule has 0 aliphatic carbocycles. The summed E-state index contributed by atoms with van der Waals surface area (Å²) in [4.78, 5) is 11.9. The number of hydrogen-bond donors (Lipinski definition) is 1. The molecule has 110 valence electrons. The maximum Gasteiger partial charge on any atom is 0.387 e. The number of benzene rings is 2. The van der Waals surface area contributed by atoms with Gasteiger partial charge in [0, 0.05) is 16.8 Å². The van der Waals surface area contributed by atoms with Crippen LogP contribution in [0, 0.1) is 0 Å². The van der Waals surface area contributed by atoms with Crippen molar-refractivity contribution in [2.45, 2.75) is 13.0 Å². The largest absolute Gasteiger partial charge is 0.435 e. The molecule has 0 atom stereocenters. The topological polar surface area (TPSA) is 38.3 Å². The minimum atomic E-state index is -2.90. The monoisotopic (exact) mass is 311 g/mol. The average molecular weight is 312 g/mol. The fourth-order valence-corrected chi connectivity index (χ4v) is 1.97. The number of anilines is 1. The highest BCUT2D eigenvalue weighted by atomic mass is 35.5. The SMILES string of the molecule is O=C(Cc1ccccc1Cl)Nc1cccc(OC(F)F)c1. The highest BCUT2D eigenvalue weighted by Gasteiger charge is 2.09. The Morgan fingerprint density at radius 1 is 1.19 bits per heavy atom. The molecule has 6 heteroatoms. The van der Waals surface area contributed by atoms with E-state index >= 15 is 0 Å². The third-order valence-electron chi connectivity index (χ3n) is 2.65. The second-order valence-corrected chi connectivity index (χ2v) is 4.63. The van der Waals surface area contributed by atoms with Crippen molar-refractivity contribution >= 4 is 23.2 Å². The third-order valence-corrected chi connectivity index (χ3v) is 3.02. The lowest BCUT2D eigenvalue weighted by atomic mass is 10.1. The summed E-state index contributed by atoms with van der Waals surface area (Å²) in [6.07, 6.45) is 0.0968. The van der Waals surface area contributed by atoms with Gasteiger partial charge in [0.2, 0.25) is 5.91 Å². The van der Waals surface area contributed by atoms with Gasteiger partial charge in [0.15, 0.2) is 0 Å². The first-order valence-electron chi connectivity index (χ1n) is 6.13. The van der Waals surface area contributed by atoms with Gasteiger partial charge in [-0.1, -0.05) is 35.9 Å². The Labute approximate surface area is 125 Å². The normalized spacial score (nSPS) is 10.5. The van der Waals surface area contributed by atoms with E-state index in [-0.39, 0.29) is 18.1 Å². The Balaban J connectivity index is 2.01. The number of carbonyl (C=O) groups excluding carboxylic acids is 1. The van der Waals surface area contributed by atoms with E-state index in [1.807, 2.05) is 0 Å². The molecule has 0 saturated carbocycles. The van der Waals surface area contributed by atoms with Crippen LogP contribution in [0.15, 0.2) is 48.5 Å². The van der Waals surface area contributed by atoms with Gasteiger partial charge in [-0.05, 0) is 23.8 Å². The summed E-state index contributed by atoms with van der Waals surface area (Å²) >= 11 is 5.97. The molecule has 0 heterocycles. The molecule has 0 unspecified atom stereocenters. The second-order valence-electron chi connectivity index (χ2n) is 4.22. The molecular formula is C15H12ClF2NO2. The van der Waals surface area contributed by atoms with Gasteiger partial charge in [-0.3, -0.25) is 4.79 Å². The average Bonchev–Trinajstić information content (AvgIpc) is 2.41. The number of nitrogens with one attached hydrogen (secondary N) is 1. The second kappa shape index (κ2) is 7.04. The van der Waals surface area contributed by atoms with Gasteiger partial charge in [-0.2, -0.15) is 8.78 Å². The Morgan fingerprint density at radius 2 is 1.95 bits per heavy atom. The Bertz CT molecular complexity index is 635. The minimum absolute atomic E-state index is 0.0134. The molecule has 3 nitrogen and oxygen atoms in total. The number of alkyl halides is 2. The van der Waals surface area contributed by atoms with Crippen molar-refractivity contribution < 1.29 is 18.3 Å². The van der Waals surface area contributed by atoms with E-state index in [1.54, 1.807) is 30.3 Å². The van der Waals surface area contributed by atoms with Gasteiger partial charge in [0.1, 0.15) is 5.75 Å². The number of carbonyl (C=O) groups is 1. The summed E-state index contributed by atoms with van der Waals surface area (Å²) in [6.45, 7) is -2.90. The molecule has 1 amide bonds. The maximum absolute atomic E-state index is 12.1. The van der Waals surface area contributed by atoms with Crippen LogP contribution >= 0.6 is 11.6 Å². The van der Waals surface area contributed by atoms with Crippen molar-refractivity contribution in [3.8, 4) is 5.75 Å². The summed E-state index contributed by atoms with van der Waals surface area (Å²) in [5.41, 5.74) is 1.07. The molecule has 0 radical (unpaired) electrons. The van der Waals surface area contributed by atoms with Crippen molar-refractivity contribution in [3.05, 3.63) is 59.1 Å². The van der Waals surface area contributed by atoms with Gasteiger partial charge in [0.25, 0.3) is 0 Å². The van der Waals surface area contributed by atoms with Crippen LogP contribution in [0.1, 0.15) is 5.56 Å². The van der Waals surface area contributed by atoms with Gasteiger partial charge in [-0.25, -0.2) is 0 Å². The Morgan fingerprint density at radius 3 is 2.67 bits per heavy atom. The molecule has 21 heavy (non-hydrogen) atoms. The molecule has 2 rings (SSSR count). The van der Waals surface area contributed by atoms with Gasteiger partial charge in [-0.15, -0.1) is 0 Å². The smallest absolute Gasteiger partial charge is 0.387 e. The van der Waals surface area contributed by atoms with E-state index in [4.69, 9.17) is 11.6 Å². The van der Waals surface area contributed by atoms with E-state index < -0.39 is 6.61 Å². The summed E-state index contributed by atoms with van der Waals surface area (Å²) in [7, 11) is 0. The highest BCUT2D eigenvalue weighted by molar-refractivity contribution is 6.31. The van der Waals surface area contributed by atoms with E-state index in [1.165, 1.54) is 18.2 Å². The number of amides is 1. The van der Waals surface area contributed by atoms with Crippen LogP contribution in [0.3, 0.4) is 0 Å². The fraction of sp³-hybridized carbons (Fsp3) is 0.133. The van der Waals surface area contributed by atoms with E-state index in [0.29, 0.717) is 16.3 Å². The molecule has 0 aliphatic rings. The first-order valence-corrected chi connectivity index (χ1v) is 6.50. The van der Waals surface area contributed by atoms with Crippen LogP contribution in [0.25, 0.3) is 0 Å². The van der Waals surface area contributed by atoms with Crippen LogP contribution in [-0.2, 0) is 11.2 Å². The third kappa shape index (κ3) is 4.72. The predicted molar refractivity (Wildman–Crippen MR) is 76.9 cm³/mol. The van der Waals surface area contributed by atoms with Gasteiger partial charge >= 0.3 is 6.61 Å². The van der Waals surface area contributed by atoms with Crippen molar-refractivity contribution in [2.24, 2.45) is 0 Å². The molecule has 0 fully saturated rings. The van der Waals surface area contributed by atoms with Crippen molar-refractivity contribution in [2.75, 3.05) is 5.32 Å². The summed E-state index contributed by atoms with van der Waals surface area (Å²) in [6, 6.07) is 12.8. The molecule has 1 N–H and O–H groups in total. The molecule has 0 aliphatic heterocycles. The number of ether oxygens (including phenoxy) is 1. The molecule has 0 spiro atoms. The van der Waals surface area contributed by atoms with Crippen molar-refractivity contribution in [1.82, 2.24) is 0 Å². The standard InChI is InChI=1S/C15H12ClF2NO2/c16-13-7-2-1-4-10(13)8-14(20)19-11-5-3-6-12(9-11)21-15(17)18/h1-7,9,15H,8H2,(H,19,20). The molecule has 2 aromatic rings. The van der Waals surface area contributed by atoms with Crippen molar-refractivity contribution in [3.63, 3.8) is 0 Å². The summed E-state index contributed by atoms with van der Waals surface area (Å²) in [5.74, 6) is -0.308. The first kappa shape index (κ1) is 15.3. The van der Waals surface area contributed by atoms with Crippen molar-refractivity contribution in [1.29, 1.82) is 0 Å². The molecule has 2 aromatic carbocycles. The van der Waals surface area contributed by atoms with Crippen LogP contribution in [-0.4, -0.2) is 12.5 Å².